The monoisotopic (exact) mass is 443 g/mol. The fourth-order valence-electron chi connectivity index (χ4n) is 2.49. The second kappa shape index (κ2) is 8.12. The van der Waals surface area contributed by atoms with E-state index in [-0.39, 0.29) is 35.3 Å². The van der Waals surface area contributed by atoms with Crippen molar-refractivity contribution in [2.45, 2.75) is 30.7 Å². The number of aromatic nitrogens is 1. The van der Waals surface area contributed by atoms with E-state index in [0.29, 0.717) is 20.4 Å². The predicted octanol–water partition coefficient (Wildman–Crippen LogP) is -3.48. The summed E-state index contributed by atoms with van der Waals surface area (Å²) >= 11 is 9.49. The summed E-state index contributed by atoms with van der Waals surface area (Å²) < 4.78 is 11.1. The van der Waals surface area contributed by atoms with Crippen LogP contribution in [-0.4, -0.2) is 57.0 Å². The maximum Gasteiger partial charge on any atom is 1.00 e. The van der Waals surface area contributed by atoms with Gasteiger partial charge in [-0.25, -0.2) is 0 Å². The fraction of sp³-hybridized carbons (Fsp3) is 0.357. The predicted molar refractivity (Wildman–Crippen MR) is 83.3 cm³/mol. The maximum absolute atomic E-state index is 11.0. The number of carboxylic acids is 1. The number of aromatic amines is 1. The second-order valence-electron chi connectivity index (χ2n) is 5.27. The average molecular weight is 445 g/mol. The van der Waals surface area contributed by atoms with Crippen LogP contribution >= 0.6 is 27.5 Å². The van der Waals surface area contributed by atoms with Crippen molar-refractivity contribution in [3.8, 4) is 5.75 Å². The van der Waals surface area contributed by atoms with Crippen molar-refractivity contribution in [2.75, 3.05) is 0 Å². The number of halogens is 2. The van der Waals surface area contributed by atoms with Crippen LogP contribution in [0.4, 0.5) is 0 Å². The molecule has 2 aromatic rings. The number of benzene rings is 1. The molecule has 0 saturated carbocycles. The normalized spacial score (nSPS) is 29.2. The van der Waals surface area contributed by atoms with Crippen LogP contribution in [0.25, 0.3) is 10.9 Å². The fourth-order valence-corrected chi connectivity index (χ4v) is 3.07. The molecule has 0 aliphatic carbocycles. The quantitative estimate of drug-likeness (QED) is 0.361. The van der Waals surface area contributed by atoms with Crippen molar-refractivity contribution in [2.24, 2.45) is 0 Å². The van der Waals surface area contributed by atoms with E-state index in [0.717, 1.165) is 0 Å². The molecular weight excluding hydrogens is 433 g/mol. The van der Waals surface area contributed by atoms with Gasteiger partial charge in [0.2, 0.25) is 6.29 Å². The molecule has 4 N–H and O–H groups in total. The molecule has 0 radical (unpaired) electrons. The zero-order valence-electron chi connectivity index (χ0n) is 12.8. The molecule has 1 saturated heterocycles. The minimum absolute atomic E-state index is 0. The van der Waals surface area contributed by atoms with E-state index in [2.05, 4.69) is 20.9 Å². The average Bonchev–Trinajstić information content (AvgIpc) is 2.94. The molecule has 1 aromatic carbocycles. The zero-order chi connectivity index (χ0) is 17.6. The Morgan fingerprint density at radius 2 is 1.96 bits per heavy atom. The number of hydrogen-bond donors (Lipinski definition) is 4. The van der Waals surface area contributed by atoms with Gasteiger partial charge in [-0.15, -0.1) is 0 Å². The molecule has 130 valence electrons. The largest absolute Gasteiger partial charge is 1.00 e. The molecule has 0 amide bonds. The number of aliphatic carboxylic acids is 1. The topological polar surface area (TPSA) is 135 Å². The van der Waals surface area contributed by atoms with Crippen LogP contribution in [0.2, 0.25) is 5.02 Å². The number of carboxylic acid groups (broad SMARTS) is 1. The van der Waals surface area contributed by atoms with Gasteiger partial charge in [0.05, 0.1) is 21.9 Å². The van der Waals surface area contributed by atoms with Crippen LogP contribution in [0, 0.1) is 0 Å². The molecule has 25 heavy (non-hydrogen) atoms. The third-order valence-corrected chi connectivity index (χ3v) is 5.03. The number of fused-ring (bicyclic) bond motifs is 1. The Morgan fingerprint density at radius 3 is 2.60 bits per heavy atom. The van der Waals surface area contributed by atoms with Crippen molar-refractivity contribution < 1.29 is 64.3 Å². The molecule has 1 aliphatic rings. The van der Waals surface area contributed by atoms with Crippen LogP contribution in [0.15, 0.2) is 22.8 Å². The number of carbonyl (C=O) groups excluding carboxylic acids is 1. The van der Waals surface area contributed by atoms with Crippen LogP contribution in [0.1, 0.15) is 0 Å². The SMILES string of the molecule is O=C([O-])[C@H]1O[C@@H](Oc2c[nH]c3ccc(Br)c(Cl)c23)[C@H](O)[C@@H](O)[C@@H]1O.[Na+]. The minimum atomic E-state index is -1.85. The molecule has 0 unspecified atom stereocenters. The first-order valence-electron chi connectivity index (χ1n) is 6.83. The Morgan fingerprint density at radius 1 is 1.28 bits per heavy atom. The van der Waals surface area contributed by atoms with Gasteiger partial charge in [-0.2, -0.15) is 0 Å². The first-order chi connectivity index (χ1) is 11.3. The summed E-state index contributed by atoms with van der Waals surface area (Å²) in [6, 6.07) is 3.46. The van der Waals surface area contributed by atoms with E-state index < -0.39 is 36.7 Å². The Balaban J connectivity index is 0.00000225. The molecule has 11 heteroatoms. The van der Waals surface area contributed by atoms with Gasteiger partial charge in [0.25, 0.3) is 0 Å². The molecule has 3 rings (SSSR count). The number of aliphatic hydroxyl groups is 3. The van der Waals surface area contributed by atoms with E-state index in [1.165, 1.54) is 6.20 Å². The Kier molecular flexibility index (Phi) is 6.80. The molecular formula is C14H12BrClNNaO7. The van der Waals surface area contributed by atoms with Crippen LogP contribution < -0.4 is 39.4 Å². The molecule has 8 nitrogen and oxygen atoms in total. The molecule has 1 fully saturated rings. The van der Waals surface area contributed by atoms with Crippen LogP contribution in [-0.2, 0) is 9.53 Å². The first kappa shape index (κ1) is 20.9. The summed E-state index contributed by atoms with van der Waals surface area (Å²) in [4.78, 5) is 13.9. The third-order valence-electron chi connectivity index (χ3n) is 3.75. The van der Waals surface area contributed by atoms with Gasteiger partial charge in [-0.05, 0) is 28.1 Å². The van der Waals surface area contributed by atoms with Gasteiger partial charge in [-0.1, -0.05) is 11.6 Å². The molecule has 0 bridgehead atoms. The van der Waals surface area contributed by atoms with Crippen molar-refractivity contribution in [3.63, 3.8) is 0 Å². The van der Waals surface area contributed by atoms with E-state index in [1.54, 1.807) is 12.1 Å². The number of nitrogens with one attached hydrogen (secondary N) is 1. The van der Waals surface area contributed by atoms with Crippen LogP contribution in [0.5, 0.6) is 5.75 Å². The number of ether oxygens (including phenoxy) is 2. The third kappa shape index (κ3) is 3.85. The van der Waals surface area contributed by atoms with Crippen molar-refractivity contribution in [1.82, 2.24) is 4.98 Å². The molecule has 2 heterocycles. The van der Waals surface area contributed by atoms with E-state index >= 15 is 0 Å². The molecule has 1 aromatic heterocycles. The summed E-state index contributed by atoms with van der Waals surface area (Å²) in [5.74, 6) is -1.55. The Labute approximate surface area is 177 Å². The van der Waals surface area contributed by atoms with Gasteiger partial charge in [-0.3, -0.25) is 0 Å². The van der Waals surface area contributed by atoms with Gasteiger partial charge in [0, 0.05) is 10.7 Å². The molecule has 5 atom stereocenters. The Hall–Kier alpha value is -0.360. The van der Waals surface area contributed by atoms with E-state index in [1.807, 2.05) is 0 Å². The number of aliphatic hydroxyl groups excluding tert-OH is 3. The second-order valence-corrected chi connectivity index (χ2v) is 6.50. The van der Waals surface area contributed by atoms with Crippen LogP contribution in [0.3, 0.4) is 0 Å². The molecule has 1 aliphatic heterocycles. The number of hydrogen-bond acceptors (Lipinski definition) is 7. The smallest absolute Gasteiger partial charge is 0.547 e. The van der Waals surface area contributed by atoms with E-state index in [4.69, 9.17) is 21.1 Å². The summed E-state index contributed by atoms with van der Waals surface area (Å²) in [7, 11) is 0. The van der Waals surface area contributed by atoms with Crippen molar-refractivity contribution in [1.29, 1.82) is 0 Å². The maximum atomic E-state index is 11.0. The summed E-state index contributed by atoms with van der Waals surface area (Å²) in [6.07, 6.45) is -7.23. The molecule has 0 spiro atoms. The van der Waals surface area contributed by atoms with Gasteiger partial charge in [0.1, 0.15) is 30.2 Å². The van der Waals surface area contributed by atoms with Gasteiger partial charge >= 0.3 is 29.6 Å². The number of carbonyl (C=O) groups is 1. The first-order valence-corrected chi connectivity index (χ1v) is 8.00. The number of H-pyrrole nitrogens is 1. The van der Waals surface area contributed by atoms with Gasteiger partial charge < -0.3 is 39.7 Å². The summed E-state index contributed by atoms with van der Waals surface area (Å²) in [5, 5.41) is 41.2. The minimum Gasteiger partial charge on any atom is -0.547 e. The Bertz CT molecular complexity index is 788. The van der Waals surface area contributed by atoms with E-state index in [9.17, 15) is 25.2 Å². The number of rotatable bonds is 3. The van der Waals surface area contributed by atoms with Crippen molar-refractivity contribution >= 4 is 44.4 Å². The summed E-state index contributed by atoms with van der Waals surface area (Å²) in [5.41, 5.74) is 0.639. The van der Waals surface area contributed by atoms with Crippen molar-refractivity contribution in [3.05, 3.63) is 27.8 Å². The summed E-state index contributed by atoms with van der Waals surface area (Å²) in [6.45, 7) is 0. The zero-order valence-corrected chi connectivity index (χ0v) is 17.2. The standard InChI is InChI=1S/C14H13BrClNO7.Na/c15-4-1-2-5-7(8(4)16)6(3-17-5)23-14-11(20)9(18)10(19)12(24-14)13(21)22;/h1-3,9-12,14,17-20H,(H,21,22);/q;+1/p-1/t9-,10-,11+,12-,14+;/m0./s1. The van der Waals surface area contributed by atoms with Gasteiger partial charge in [0.15, 0.2) is 0 Å².